The quantitative estimate of drug-likeness (QED) is 0.565. The van der Waals surface area contributed by atoms with Gasteiger partial charge < -0.3 is 9.84 Å². The molecule has 1 atom stereocenters. The van der Waals surface area contributed by atoms with Crippen LogP contribution in [-0.2, 0) is 21.4 Å². The molecule has 1 aliphatic heterocycles. The average Bonchev–Trinajstić information content (AvgIpc) is 3.46. The maximum absolute atomic E-state index is 13.5. The molecule has 32 heavy (non-hydrogen) atoms. The molecule has 0 spiro atoms. The molecule has 3 aromatic rings. The highest BCUT2D eigenvalue weighted by atomic mass is 32.2. The number of pyridine rings is 1. The third kappa shape index (κ3) is 4.98. The van der Waals surface area contributed by atoms with Crippen LogP contribution in [0.5, 0.6) is 0 Å². The van der Waals surface area contributed by atoms with Crippen LogP contribution in [0.3, 0.4) is 0 Å². The van der Waals surface area contributed by atoms with Crippen LogP contribution in [0.15, 0.2) is 51.3 Å². The number of hydrogen-bond donors (Lipinski definition) is 1. The summed E-state index contributed by atoms with van der Waals surface area (Å²) in [5, 5.41) is 8.69. The zero-order chi connectivity index (χ0) is 22.6. The third-order valence-corrected chi connectivity index (χ3v) is 8.16. The number of aromatic nitrogens is 2. The highest BCUT2D eigenvalue weighted by molar-refractivity contribution is 7.89. The Balaban J connectivity index is 1.48. The number of nitrogens with one attached hydrogen (secondary N) is 1. The Morgan fingerprint density at radius 1 is 1.31 bits per heavy atom. The van der Waals surface area contributed by atoms with Gasteiger partial charge in [-0.15, -0.1) is 11.3 Å². The van der Waals surface area contributed by atoms with Gasteiger partial charge in [-0.2, -0.15) is 4.31 Å². The molecule has 0 bridgehead atoms. The molecule has 8 nitrogen and oxygen atoms in total. The zero-order valence-electron chi connectivity index (χ0n) is 17.6. The topological polar surface area (TPSA) is 105 Å². The lowest BCUT2D eigenvalue weighted by Crippen LogP contribution is -2.45. The molecular formula is C22H24N4O4S2. The van der Waals surface area contributed by atoms with Crippen molar-refractivity contribution in [2.75, 3.05) is 13.1 Å². The second kappa shape index (κ2) is 9.76. The van der Waals surface area contributed by atoms with Crippen molar-refractivity contribution in [3.63, 3.8) is 0 Å². The number of carbonyl (C=O) groups is 1. The number of rotatable bonds is 7. The number of aryl methyl sites for hydroxylation is 1. The molecule has 0 saturated carbocycles. The lowest BCUT2D eigenvalue weighted by molar-refractivity contribution is -0.126. The number of carbonyl (C=O) groups excluding carboxylic acids is 1. The van der Waals surface area contributed by atoms with E-state index in [1.807, 2.05) is 35.7 Å². The summed E-state index contributed by atoms with van der Waals surface area (Å²) in [6.07, 6.45) is 6.33. The van der Waals surface area contributed by atoms with Crippen LogP contribution in [0.1, 0.15) is 34.9 Å². The van der Waals surface area contributed by atoms with Crippen molar-refractivity contribution in [2.24, 2.45) is 5.92 Å². The molecule has 4 heterocycles. The normalized spacial score (nSPS) is 17.6. The summed E-state index contributed by atoms with van der Waals surface area (Å²) in [5.41, 5.74) is 1.06. The predicted octanol–water partition coefficient (Wildman–Crippen LogP) is 3.33. The first-order valence-corrected chi connectivity index (χ1v) is 12.6. The van der Waals surface area contributed by atoms with Gasteiger partial charge in [0.2, 0.25) is 15.9 Å². The molecule has 1 N–H and O–H groups in total. The second-order valence-electron chi connectivity index (χ2n) is 7.55. The summed E-state index contributed by atoms with van der Waals surface area (Å²) < 4.78 is 33.6. The van der Waals surface area contributed by atoms with E-state index in [-0.39, 0.29) is 23.1 Å². The van der Waals surface area contributed by atoms with Gasteiger partial charge in [0.15, 0.2) is 10.7 Å². The van der Waals surface area contributed by atoms with Gasteiger partial charge in [-0.3, -0.25) is 9.78 Å². The smallest absolute Gasteiger partial charge is 0.248 e. The van der Waals surface area contributed by atoms with E-state index in [0.29, 0.717) is 31.6 Å². The minimum atomic E-state index is -3.87. The number of hydrogen-bond acceptors (Lipinski definition) is 7. The van der Waals surface area contributed by atoms with Gasteiger partial charge >= 0.3 is 0 Å². The number of nitrogens with zero attached hydrogens (tertiary/aromatic N) is 3. The van der Waals surface area contributed by atoms with Crippen LogP contribution >= 0.6 is 11.3 Å². The highest BCUT2D eigenvalue weighted by Gasteiger charge is 2.36. The van der Waals surface area contributed by atoms with Crippen molar-refractivity contribution in [1.29, 1.82) is 0 Å². The Morgan fingerprint density at radius 3 is 2.94 bits per heavy atom. The molecule has 4 rings (SSSR count). The number of amides is 1. The second-order valence-corrected chi connectivity index (χ2v) is 10.4. The van der Waals surface area contributed by atoms with E-state index < -0.39 is 15.9 Å². The summed E-state index contributed by atoms with van der Waals surface area (Å²) in [7, 11) is -3.87. The van der Waals surface area contributed by atoms with Crippen molar-refractivity contribution >= 4 is 39.4 Å². The van der Waals surface area contributed by atoms with E-state index in [2.05, 4.69) is 15.5 Å². The van der Waals surface area contributed by atoms with Crippen molar-refractivity contribution in [3.05, 3.63) is 63.9 Å². The number of thiophene rings is 1. The van der Waals surface area contributed by atoms with Crippen LogP contribution in [0.2, 0.25) is 0 Å². The maximum atomic E-state index is 13.5. The van der Waals surface area contributed by atoms with Crippen molar-refractivity contribution < 1.29 is 17.7 Å². The largest absolute Gasteiger partial charge is 0.355 e. The van der Waals surface area contributed by atoms with Crippen molar-refractivity contribution in [1.82, 2.24) is 19.8 Å². The molecule has 1 fully saturated rings. The zero-order valence-corrected chi connectivity index (χ0v) is 19.2. The Bertz CT molecular complexity index is 1190. The Morgan fingerprint density at radius 2 is 2.19 bits per heavy atom. The van der Waals surface area contributed by atoms with Crippen molar-refractivity contribution in [2.45, 2.75) is 31.2 Å². The summed E-state index contributed by atoms with van der Waals surface area (Å²) in [5.74, 6) is -0.402. The first-order valence-electron chi connectivity index (χ1n) is 10.3. The van der Waals surface area contributed by atoms with Crippen LogP contribution in [-0.4, -0.2) is 41.9 Å². The van der Waals surface area contributed by atoms with Crippen LogP contribution in [0, 0.1) is 12.8 Å². The van der Waals surface area contributed by atoms with E-state index in [9.17, 15) is 13.2 Å². The molecule has 1 amide bonds. The van der Waals surface area contributed by atoms with Crippen molar-refractivity contribution in [3.8, 4) is 0 Å². The first-order chi connectivity index (χ1) is 15.4. The van der Waals surface area contributed by atoms with Crippen LogP contribution in [0.25, 0.3) is 12.2 Å². The van der Waals surface area contributed by atoms with Crippen LogP contribution < -0.4 is 5.32 Å². The van der Waals surface area contributed by atoms with E-state index in [0.717, 1.165) is 10.6 Å². The molecule has 0 aromatic carbocycles. The van der Waals surface area contributed by atoms with Gasteiger partial charge in [0.1, 0.15) is 5.69 Å². The molecule has 0 unspecified atom stereocenters. The van der Waals surface area contributed by atoms with Gasteiger partial charge in [-0.25, -0.2) is 8.42 Å². The molecular weight excluding hydrogens is 448 g/mol. The lowest BCUT2D eigenvalue weighted by atomic mass is 9.99. The minimum absolute atomic E-state index is 0.0554. The number of sulfonamides is 1. The van der Waals surface area contributed by atoms with E-state index in [1.54, 1.807) is 25.3 Å². The fourth-order valence-corrected chi connectivity index (χ4v) is 6.06. The molecule has 0 radical (unpaired) electrons. The highest BCUT2D eigenvalue weighted by Crippen LogP contribution is 2.29. The monoisotopic (exact) mass is 472 g/mol. The Labute approximate surface area is 191 Å². The first kappa shape index (κ1) is 22.4. The number of piperidine rings is 1. The Hall–Kier alpha value is -2.82. The summed E-state index contributed by atoms with van der Waals surface area (Å²) in [6.45, 7) is 2.39. The van der Waals surface area contributed by atoms with E-state index >= 15 is 0 Å². The summed E-state index contributed by atoms with van der Waals surface area (Å²) >= 11 is 1.54. The fourth-order valence-electron chi connectivity index (χ4n) is 3.67. The minimum Gasteiger partial charge on any atom is -0.355 e. The third-order valence-electron chi connectivity index (χ3n) is 5.30. The molecule has 10 heteroatoms. The summed E-state index contributed by atoms with van der Waals surface area (Å²) in [6, 6.07) is 9.34. The maximum Gasteiger partial charge on any atom is 0.248 e. The van der Waals surface area contributed by atoms with Gasteiger partial charge in [0.05, 0.1) is 18.2 Å². The van der Waals surface area contributed by atoms with Gasteiger partial charge in [-0.1, -0.05) is 17.3 Å². The lowest BCUT2D eigenvalue weighted by Gasteiger charge is -2.31. The SMILES string of the molecule is Cc1noc(/C=C/c2cccs2)c1S(=O)(=O)N1CCC[C@@H](C(=O)NCc2ccccn2)C1. The molecule has 3 aromatic heterocycles. The average molecular weight is 473 g/mol. The fraction of sp³-hybridized carbons (Fsp3) is 0.318. The van der Waals surface area contributed by atoms with Gasteiger partial charge in [0.25, 0.3) is 0 Å². The summed E-state index contributed by atoms with van der Waals surface area (Å²) in [4.78, 5) is 17.9. The molecule has 1 saturated heterocycles. The standard InChI is InChI=1S/C22H24N4O4S2/c1-16-21(20(30-25-16)10-9-19-8-5-13-31-19)32(28,29)26-12-4-6-17(15-26)22(27)24-14-18-7-2-3-11-23-18/h2-3,5,7-11,13,17H,4,6,12,14-15H2,1H3,(H,24,27)/b10-9+/t17-/m1/s1. The van der Waals surface area contributed by atoms with E-state index in [4.69, 9.17) is 4.52 Å². The van der Waals surface area contributed by atoms with Gasteiger partial charge in [0, 0.05) is 24.2 Å². The predicted molar refractivity (Wildman–Crippen MR) is 122 cm³/mol. The Kier molecular flexibility index (Phi) is 6.83. The van der Waals surface area contributed by atoms with Gasteiger partial charge in [-0.05, 0) is 55.5 Å². The molecule has 1 aliphatic rings. The molecule has 168 valence electrons. The molecule has 0 aliphatic carbocycles. The van der Waals surface area contributed by atoms with E-state index in [1.165, 1.54) is 15.6 Å². The van der Waals surface area contributed by atoms with Crippen LogP contribution in [0.4, 0.5) is 0 Å².